The largest absolute Gasteiger partial charge is 0.496 e. The summed E-state index contributed by atoms with van der Waals surface area (Å²) in [6.07, 6.45) is 0.111. The summed E-state index contributed by atoms with van der Waals surface area (Å²) in [5.74, 6) is 0.361. The predicted molar refractivity (Wildman–Crippen MR) is 73.1 cm³/mol. The minimum atomic E-state index is -1.08. The normalized spacial score (nSPS) is 11.8. The molecule has 0 fully saturated rings. The summed E-state index contributed by atoms with van der Waals surface area (Å²) in [7, 11) is 4.49. The van der Waals surface area contributed by atoms with E-state index in [9.17, 15) is 4.79 Å². The molecule has 1 unspecified atom stereocenters. The Hall–Kier alpha value is -1.47. The highest BCUT2D eigenvalue weighted by Gasteiger charge is 2.22. The van der Waals surface area contributed by atoms with Gasteiger partial charge >= 0.3 is 5.97 Å². The van der Waals surface area contributed by atoms with Crippen LogP contribution in [0.5, 0.6) is 17.2 Å². The lowest BCUT2D eigenvalue weighted by Gasteiger charge is -2.18. The third kappa shape index (κ3) is 3.30. The highest BCUT2D eigenvalue weighted by molar-refractivity contribution is 9.10. The molecule has 0 spiro atoms. The Kier molecular flexibility index (Phi) is 5.44. The van der Waals surface area contributed by atoms with Crippen LogP contribution in [0.25, 0.3) is 0 Å². The molecule has 3 N–H and O–H groups in total. The average molecular weight is 334 g/mol. The van der Waals surface area contributed by atoms with Crippen molar-refractivity contribution < 1.29 is 24.1 Å². The number of hydrogen-bond acceptors (Lipinski definition) is 5. The van der Waals surface area contributed by atoms with Gasteiger partial charge in [0.25, 0.3) is 0 Å². The summed E-state index contributed by atoms with van der Waals surface area (Å²) < 4.78 is 16.2. The van der Waals surface area contributed by atoms with E-state index in [1.165, 1.54) is 21.3 Å². The number of carbonyl (C=O) groups is 1. The number of aliphatic carboxylic acids is 1. The molecule has 0 aliphatic heterocycles. The van der Waals surface area contributed by atoms with Gasteiger partial charge in [-0.3, -0.25) is 4.79 Å². The first-order chi connectivity index (χ1) is 8.96. The van der Waals surface area contributed by atoms with Crippen molar-refractivity contribution in [2.45, 2.75) is 12.5 Å². The van der Waals surface area contributed by atoms with Crippen LogP contribution in [0.1, 0.15) is 5.56 Å². The predicted octanol–water partition coefficient (Wildman–Crippen LogP) is 1.43. The number of benzene rings is 1. The molecule has 1 rings (SSSR count). The fourth-order valence-electron chi connectivity index (χ4n) is 1.65. The van der Waals surface area contributed by atoms with Gasteiger partial charge in [-0.1, -0.05) is 0 Å². The van der Waals surface area contributed by atoms with E-state index in [2.05, 4.69) is 15.9 Å². The van der Waals surface area contributed by atoms with Crippen LogP contribution in [0.3, 0.4) is 0 Å². The Morgan fingerprint density at radius 2 is 1.89 bits per heavy atom. The zero-order valence-corrected chi connectivity index (χ0v) is 12.5. The van der Waals surface area contributed by atoms with E-state index in [0.717, 1.165) is 0 Å². The number of rotatable bonds is 6. The summed E-state index contributed by atoms with van der Waals surface area (Å²) in [5.41, 5.74) is 6.18. The lowest BCUT2D eigenvalue weighted by Crippen LogP contribution is -2.32. The van der Waals surface area contributed by atoms with E-state index in [-0.39, 0.29) is 6.42 Å². The van der Waals surface area contributed by atoms with Crippen LogP contribution in [0, 0.1) is 0 Å². The van der Waals surface area contributed by atoms with Crippen LogP contribution in [0.15, 0.2) is 10.5 Å². The maximum absolute atomic E-state index is 10.9. The Bertz CT molecular complexity index is 478. The molecule has 1 atom stereocenters. The maximum Gasteiger partial charge on any atom is 0.320 e. The van der Waals surface area contributed by atoms with Crippen molar-refractivity contribution in [1.29, 1.82) is 0 Å². The molecule has 19 heavy (non-hydrogen) atoms. The van der Waals surface area contributed by atoms with E-state index in [4.69, 9.17) is 25.1 Å². The van der Waals surface area contributed by atoms with Crippen LogP contribution in [0.2, 0.25) is 0 Å². The van der Waals surface area contributed by atoms with Crippen LogP contribution < -0.4 is 19.9 Å². The molecule has 7 heteroatoms. The quantitative estimate of drug-likeness (QED) is 0.818. The van der Waals surface area contributed by atoms with Crippen LogP contribution >= 0.6 is 15.9 Å². The van der Waals surface area contributed by atoms with Crippen molar-refractivity contribution >= 4 is 21.9 Å². The minimum Gasteiger partial charge on any atom is -0.496 e. The molecular weight excluding hydrogens is 318 g/mol. The SMILES string of the molecule is COc1cc(OC)c(OC)c(Br)c1CC(N)C(=O)O. The second-order valence-corrected chi connectivity index (χ2v) is 4.55. The molecular formula is C12H16BrNO5. The standard InChI is InChI=1S/C12H16BrNO5/c1-17-8-5-9(18-2)11(19-3)10(13)6(8)4-7(14)12(15)16/h5,7H,4,14H2,1-3H3,(H,15,16). The van der Waals surface area contributed by atoms with Gasteiger partial charge < -0.3 is 25.1 Å². The molecule has 0 saturated carbocycles. The number of ether oxygens (including phenoxy) is 3. The molecule has 0 amide bonds. The summed E-state index contributed by atoms with van der Waals surface area (Å²) in [5, 5.41) is 8.89. The zero-order valence-electron chi connectivity index (χ0n) is 10.9. The third-order valence-electron chi connectivity index (χ3n) is 2.63. The van der Waals surface area contributed by atoms with Gasteiger partial charge in [-0.25, -0.2) is 0 Å². The Labute approximate surface area is 119 Å². The Morgan fingerprint density at radius 3 is 2.32 bits per heavy atom. The number of hydrogen-bond donors (Lipinski definition) is 2. The Morgan fingerprint density at radius 1 is 1.32 bits per heavy atom. The summed E-state index contributed by atoms with van der Waals surface area (Å²) in [6, 6.07) is 0.608. The van der Waals surface area contributed by atoms with Gasteiger partial charge in [-0.2, -0.15) is 0 Å². The zero-order chi connectivity index (χ0) is 14.6. The lowest BCUT2D eigenvalue weighted by atomic mass is 10.0. The van der Waals surface area contributed by atoms with Crippen LogP contribution in [-0.4, -0.2) is 38.4 Å². The molecule has 0 aliphatic carbocycles. The number of carboxylic acid groups (broad SMARTS) is 1. The number of carboxylic acids is 1. The average Bonchev–Trinajstić information content (AvgIpc) is 2.39. The number of methoxy groups -OCH3 is 3. The number of nitrogens with two attached hydrogens (primary N) is 1. The minimum absolute atomic E-state index is 0.111. The van der Waals surface area contributed by atoms with Gasteiger partial charge in [0.05, 0.1) is 25.8 Å². The van der Waals surface area contributed by atoms with Gasteiger partial charge in [-0.15, -0.1) is 0 Å². The maximum atomic E-state index is 10.9. The molecule has 0 aromatic heterocycles. The van der Waals surface area contributed by atoms with Gasteiger partial charge in [0.1, 0.15) is 11.8 Å². The molecule has 1 aromatic carbocycles. The molecule has 0 radical (unpaired) electrons. The molecule has 1 aromatic rings. The van der Waals surface area contributed by atoms with Crippen LogP contribution in [0.4, 0.5) is 0 Å². The summed E-state index contributed by atoms with van der Waals surface area (Å²) in [4.78, 5) is 10.9. The first-order valence-electron chi connectivity index (χ1n) is 5.41. The Balaban J connectivity index is 3.32. The van der Waals surface area contributed by atoms with Gasteiger partial charge in [-0.05, 0) is 15.9 Å². The van der Waals surface area contributed by atoms with Gasteiger partial charge in [0.15, 0.2) is 11.5 Å². The highest BCUT2D eigenvalue weighted by Crippen LogP contribution is 2.43. The smallest absolute Gasteiger partial charge is 0.320 e. The summed E-state index contributed by atoms with van der Waals surface area (Å²) >= 11 is 3.37. The molecule has 106 valence electrons. The van der Waals surface area contributed by atoms with Crippen molar-refractivity contribution in [3.05, 3.63) is 16.1 Å². The second-order valence-electron chi connectivity index (χ2n) is 3.76. The summed E-state index contributed by atoms with van der Waals surface area (Å²) in [6.45, 7) is 0. The molecule has 6 nitrogen and oxygen atoms in total. The van der Waals surface area contributed by atoms with Crippen molar-refractivity contribution in [1.82, 2.24) is 0 Å². The van der Waals surface area contributed by atoms with Crippen molar-refractivity contribution in [3.8, 4) is 17.2 Å². The molecule has 0 saturated heterocycles. The van der Waals surface area contributed by atoms with E-state index in [0.29, 0.717) is 27.3 Å². The molecule has 0 bridgehead atoms. The molecule has 0 heterocycles. The van der Waals surface area contributed by atoms with Crippen LogP contribution in [-0.2, 0) is 11.2 Å². The lowest BCUT2D eigenvalue weighted by molar-refractivity contribution is -0.138. The van der Waals surface area contributed by atoms with Crippen molar-refractivity contribution in [2.24, 2.45) is 5.73 Å². The second kappa shape index (κ2) is 6.63. The first kappa shape index (κ1) is 15.6. The monoisotopic (exact) mass is 333 g/mol. The molecule has 0 aliphatic rings. The van der Waals surface area contributed by atoms with E-state index in [1.807, 2.05) is 0 Å². The van der Waals surface area contributed by atoms with Gasteiger partial charge in [0.2, 0.25) is 0 Å². The van der Waals surface area contributed by atoms with Gasteiger partial charge in [0, 0.05) is 18.1 Å². The van der Waals surface area contributed by atoms with Crippen molar-refractivity contribution in [2.75, 3.05) is 21.3 Å². The van der Waals surface area contributed by atoms with E-state index in [1.54, 1.807) is 6.07 Å². The number of halogens is 1. The van der Waals surface area contributed by atoms with E-state index < -0.39 is 12.0 Å². The highest BCUT2D eigenvalue weighted by atomic mass is 79.9. The topological polar surface area (TPSA) is 91.0 Å². The van der Waals surface area contributed by atoms with E-state index >= 15 is 0 Å². The fraction of sp³-hybridized carbons (Fsp3) is 0.417. The third-order valence-corrected chi connectivity index (χ3v) is 3.47. The fourth-order valence-corrected chi connectivity index (χ4v) is 2.36. The van der Waals surface area contributed by atoms with Crippen molar-refractivity contribution in [3.63, 3.8) is 0 Å². The first-order valence-corrected chi connectivity index (χ1v) is 6.21.